The van der Waals surface area contributed by atoms with Gasteiger partial charge in [0.2, 0.25) is 0 Å². The second-order valence-corrected chi connectivity index (χ2v) is 4.66. The zero-order valence-electron chi connectivity index (χ0n) is 10.3. The van der Waals surface area contributed by atoms with E-state index in [9.17, 15) is 0 Å². The van der Waals surface area contributed by atoms with Gasteiger partial charge in [0.1, 0.15) is 5.69 Å². The van der Waals surface area contributed by atoms with Crippen molar-refractivity contribution in [2.45, 2.75) is 13.1 Å². The van der Waals surface area contributed by atoms with Gasteiger partial charge in [-0.05, 0) is 12.1 Å². The number of benzene rings is 1. The average Bonchev–Trinajstić information content (AvgIpc) is 2.94. The standard InChI is InChI=1S/C15H12N4/c1-2-4-12-10(3-1)5-6-13(18-12)15-17-8-11-7-16-9-14(11)19-15/h1-6,8,16H,7,9H2. The Morgan fingerprint density at radius 2 is 1.89 bits per heavy atom. The molecular weight excluding hydrogens is 236 g/mol. The van der Waals surface area contributed by atoms with Crippen molar-refractivity contribution in [2.24, 2.45) is 0 Å². The molecule has 0 spiro atoms. The number of aromatic nitrogens is 3. The summed E-state index contributed by atoms with van der Waals surface area (Å²) in [6, 6.07) is 12.1. The highest BCUT2D eigenvalue weighted by Gasteiger charge is 2.14. The summed E-state index contributed by atoms with van der Waals surface area (Å²) in [4.78, 5) is 13.6. The molecule has 0 aliphatic carbocycles. The van der Waals surface area contributed by atoms with Crippen molar-refractivity contribution in [3.05, 3.63) is 53.9 Å². The summed E-state index contributed by atoms with van der Waals surface area (Å²) >= 11 is 0. The van der Waals surface area contributed by atoms with E-state index in [0.29, 0.717) is 5.82 Å². The van der Waals surface area contributed by atoms with E-state index in [-0.39, 0.29) is 0 Å². The molecule has 19 heavy (non-hydrogen) atoms. The van der Waals surface area contributed by atoms with Gasteiger partial charge in [0.25, 0.3) is 0 Å². The molecule has 1 N–H and O–H groups in total. The molecule has 0 fully saturated rings. The minimum atomic E-state index is 0.702. The molecule has 2 aromatic heterocycles. The predicted octanol–water partition coefficient (Wildman–Crippen LogP) is 2.29. The first kappa shape index (κ1) is 10.6. The van der Waals surface area contributed by atoms with Crippen LogP contribution in [-0.4, -0.2) is 15.0 Å². The highest BCUT2D eigenvalue weighted by Crippen LogP contribution is 2.20. The molecule has 0 amide bonds. The van der Waals surface area contributed by atoms with Crippen molar-refractivity contribution in [3.8, 4) is 11.5 Å². The Morgan fingerprint density at radius 3 is 2.89 bits per heavy atom. The van der Waals surface area contributed by atoms with E-state index in [1.54, 1.807) is 0 Å². The van der Waals surface area contributed by atoms with Crippen LogP contribution in [0.15, 0.2) is 42.6 Å². The van der Waals surface area contributed by atoms with E-state index >= 15 is 0 Å². The molecule has 92 valence electrons. The summed E-state index contributed by atoms with van der Waals surface area (Å²) in [6.07, 6.45) is 1.90. The van der Waals surface area contributed by atoms with E-state index in [0.717, 1.165) is 35.4 Å². The normalized spacial score (nSPS) is 13.7. The zero-order chi connectivity index (χ0) is 12.7. The molecule has 1 aliphatic heterocycles. The van der Waals surface area contributed by atoms with Gasteiger partial charge < -0.3 is 5.32 Å². The lowest BCUT2D eigenvalue weighted by atomic mass is 10.2. The Hall–Kier alpha value is -2.33. The minimum absolute atomic E-state index is 0.702. The van der Waals surface area contributed by atoms with Gasteiger partial charge >= 0.3 is 0 Å². The zero-order valence-corrected chi connectivity index (χ0v) is 10.3. The molecule has 0 radical (unpaired) electrons. The van der Waals surface area contributed by atoms with Gasteiger partial charge in [-0.3, -0.25) is 0 Å². The summed E-state index contributed by atoms with van der Waals surface area (Å²) < 4.78 is 0. The van der Waals surface area contributed by atoms with Crippen molar-refractivity contribution in [2.75, 3.05) is 0 Å². The maximum Gasteiger partial charge on any atom is 0.178 e. The molecule has 3 aromatic rings. The van der Waals surface area contributed by atoms with Crippen molar-refractivity contribution in [1.82, 2.24) is 20.3 Å². The number of rotatable bonds is 1. The van der Waals surface area contributed by atoms with Crippen LogP contribution in [0.3, 0.4) is 0 Å². The fraction of sp³-hybridized carbons (Fsp3) is 0.133. The third kappa shape index (κ3) is 1.77. The lowest BCUT2D eigenvalue weighted by Crippen LogP contribution is -2.00. The second kappa shape index (κ2) is 4.10. The van der Waals surface area contributed by atoms with E-state index in [1.807, 2.05) is 30.5 Å². The SMILES string of the molecule is c1ccc2nc(-c3ncc4c(n3)CNC4)ccc2c1. The lowest BCUT2D eigenvalue weighted by Gasteiger charge is -2.03. The largest absolute Gasteiger partial charge is 0.307 e. The van der Waals surface area contributed by atoms with Crippen LogP contribution in [0.4, 0.5) is 0 Å². The topological polar surface area (TPSA) is 50.7 Å². The first-order valence-electron chi connectivity index (χ1n) is 6.32. The molecule has 3 heterocycles. The Labute approximate surface area is 110 Å². The highest BCUT2D eigenvalue weighted by atomic mass is 15.0. The molecule has 4 rings (SSSR count). The van der Waals surface area contributed by atoms with Crippen LogP contribution in [0.1, 0.15) is 11.3 Å². The first-order valence-corrected chi connectivity index (χ1v) is 6.32. The average molecular weight is 248 g/mol. The van der Waals surface area contributed by atoms with Crippen molar-refractivity contribution in [1.29, 1.82) is 0 Å². The summed E-state index contributed by atoms with van der Waals surface area (Å²) in [5.41, 5.74) is 4.07. The number of fused-ring (bicyclic) bond motifs is 2. The third-order valence-corrected chi connectivity index (χ3v) is 3.39. The van der Waals surface area contributed by atoms with Crippen LogP contribution < -0.4 is 5.32 Å². The second-order valence-electron chi connectivity index (χ2n) is 4.66. The Morgan fingerprint density at radius 1 is 0.947 bits per heavy atom. The Balaban J connectivity index is 1.85. The molecule has 1 aliphatic rings. The maximum atomic E-state index is 4.63. The van der Waals surface area contributed by atoms with Crippen molar-refractivity contribution < 1.29 is 0 Å². The van der Waals surface area contributed by atoms with Gasteiger partial charge in [0, 0.05) is 30.2 Å². The number of para-hydroxylation sites is 1. The molecular formula is C15H12N4. The number of hydrogen-bond donors (Lipinski definition) is 1. The third-order valence-electron chi connectivity index (χ3n) is 3.39. The van der Waals surface area contributed by atoms with Crippen LogP contribution in [-0.2, 0) is 13.1 Å². The summed E-state index contributed by atoms with van der Waals surface area (Å²) in [7, 11) is 0. The molecule has 0 bridgehead atoms. The highest BCUT2D eigenvalue weighted by molar-refractivity contribution is 5.80. The van der Waals surface area contributed by atoms with E-state index in [4.69, 9.17) is 0 Å². The van der Waals surface area contributed by atoms with Gasteiger partial charge in [-0.1, -0.05) is 24.3 Å². The lowest BCUT2D eigenvalue weighted by molar-refractivity contribution is 0.758. The summed E-state index contributed by atoms with van der Waals surface area (Å²) in [5.74, 6) is 0.702. The number of nitrogens with one attached hydrogen (secondary N) is 1. The van der Waals surface area contributed by atoms with Crippen LogP contribution in [0.5, 0.6) is 0 Å². The van der Waals surface area contributed by atoms with Gasteiger partial charge in [0.05, 0.1) is 11.2 Å². The molecule has 0 saturated heterocycles. The van der Waals surface area contributed by atoms with Gasteiger partial charge in [-0.2, -0.15) is 0 Å². The smallest absolute Gasteiger partial charge is 0.178 e. The molecule has 4 heteroatoms. The van der Waals surface area contributed by atoms with Crippen LogP contribution in [0.25, 0.3) is 22.4 Å². The predicted molar refractivity (Wildman–Crippen MR) is 73.3 cm³/mol. The van der Waals surface area contributed by atoms with Crippen LogP contribution >= 0.6 is 0 Å². The molecule has 0 atom stereocenters. The van der Waals surface area contributed by atoms with E-state index in [2.05, 4.69) is 32.4 Å². The van der Waals surface area contributed by atoms with Crippen molar-refractivity contribution in [3.63, 3.8) is 0 Å². The minimum Gasteiger partial charge on any atom is -0.307 e. The van der Waals surface area contributed by atoms with Crippen LogP contribution in [0.2, 0.25) is 0 Å². The molecule has 0 unspecified atom stereocenters. The quantitative estimate of drug-likeness (QED) is 0.718. The fourth-order valence-corrected chi connectivity index (χ4v) is 2.37. The Bertz CT molecular complexity index is 767. The summed E-state index contributed by atoms with van der Waals surface area (Å²) in [6.45, 7) is 1.68. The monoisotopic (exact) mass is 248 g/mol. The first-order chi connectivity index (χ1) is 9.40. The van der Waals surface area contributed by atoms with Gasteiger partial charge in [0.15, 0.2) is 5.82 Å². The van der Waals surface area contributed by atoms with E-state index < -0.39 is 0 Å². The van der Waals surface area contributed by atoms with Gasteiger partial charge in [-0.15, -0.1) is 0 Å². The molecule has 4 nitrogen and oxygen atoms in total. The molecule has 1 aromatic carbocycles. The number of hydrogen-bond acceptors (Lipinski definition) is 4. The number of pyridine rings is 1. The summed E-state index contributed by atoms with van der Waals surface area (Å²) in [5, 5.41) is 4.41. The maximum absolute atomic E-state index is 4.63. The fourth-order valence-electron chi connectivity index (χ4n) is 2.37. The molecule has 0 saturated carbocycles. The van der Waals surface area contributed by atoms with Crippen LogP contribution in [0, 0.1) is 0 Å². The van der Waals surface area contributed by atoms with Gasteiger partial charge in [-0.25, -0.2) is 15.0 Å². The Kier molecular flexibility index (Phi) is 2.28. The van der Waals surface area contributed by atoms with E-state index in [1.165, 1.54) is 5.56 Å². The number of nitrogens with zero attached hydrogens (tertiary/aromatic N) is 3. The van der Waals surface area contributed by atoms with Crippen molar-refractivity contribution >= 4 is 10.9 Å².